The van der Waals surface area contributed by atoms with Crippen LogP contribution in [0.25, 0.3) is 0 Å². The molecule has 0 unspecified atom stereocenters. The van der Waals surface area contributed by atoms with Crippen LogP contribution in [0.1, 0.15) is 0 Å². The molecule has 0 aromatic rings. The summed E-state index contributed by atoms with van der Waals surface area (Å²) in [6.07, 6.45) is 0. The molecule has 0 bridgehead atoms. The first-order chi connectivity index (χ1) is 0. The average molecular weight is 292 g/mol. The maximum atomic E-state index is 0. The van der Waals surface area contributed by atoms with Crippen LogP contribution in [-0.2, 0) is 76.0 Å². The van der Waals surface area contributed by atoms with Crippen molar-refractivity contribution in [2.24, 2.45) is 0 Å². The second-order valence-corrected chi connectivity index (χ2v) is 0. The number of hydrogen-bond donors (Lipinski definition) is 0. The minimum atomic E-state index is 0. The molecule has 0 amide bonds. The Morgan fingerprint density at radius 3 is 1.00 bits per heavy atom. The number of rotatable bonds is 0. The molecule has 0 aromatic carbocycles. The smallest absolute Gasteiger partial charge is 0 e. The molecule has 0 saturated carbocycles. The van der Waals surface area contributed by atoms with Crippen molar-refractivity contribution in [2.75, 3.05) is 0 Å². The van der Waals surface area contributed by atoms with E-state index < -0.39 is 0 Å². The first-order valence-electron chi connectivity index (χ1n) is 0. The third kappa shape index (κ3) is 8.83. The van der Waals surface area contributed by atoms with Gasteiger partial charge in [0.1, 0.15) is 0 Å². The number of hydrogen-bond acceptors (Lipinski definition) is 0. The predicted octanol–water partition coefficient (Wildman–Crippen LogP) is -0.0100. The van der Waals surface area contributed by atoms with Crippen molar-refractivity contribution in [3.05, 3.63) is 0 Å². The molecule has 0 heterocycles. The fourth-order valence-electron chi connectivity index (χ4n) is 0. The minimum absolute atomic E-state index is 0. The summed E-state index contributed by atoms with van der Waals surface area (Å²) in [6.45, 7) is 0. The van der Waals surface area contributed by atoms with Crippen molar-refractivity contribution >= 4 is 0 Å². The summed E-state index contributed by atoms with van der Waals surface area (Å²) < 4.78 is 0. The fourth-order valence-corrected chi connectivity index (χ4v) is 0. The van der Waals surface area contributed by atoms with Gasteiger partial charge in [-0.05, 0) is 0 Å². The maximum Gasteiger partial charge on any atom is 0 e. The van der Waals surface area contributed by atoms with E-state index in [1.54, 1.807) is 0 Å². The molecule has 0 saturated heterocycles. The van der Waals surface area contributed by atoms with Gasteiger partial charge in [0.2, 0.25) is 0 Å². The molecule has 0 aliphatic heterocycles. The van der Waals surface area contributed by atoms with E-state index in [2.05, 4.69) is 0 Å². The van der Waals surface area contributed by atoms with Gasteiger partial charge in [-0.2, -0.15) is 0 Å². The van der Waals surface area contributed by atoms with E-state index in [-0.39, 0.29) is 76.0 Å². The first kappa shape index (κ1) is 32.4. The van der Waals surface area contributed by atoms with Gasteiger partial charge in [-0.15, -0.1) is 0 Å². The second-order valence-electron chi connectivity index (χ2n) is 0. The van der Waals surface area contributed by atoms with E-state index in [4.69, 9.17) is 0 Å². The molecule has 0 aromatic heterocycles. The van der Waals surface area contributed by atoms with E-state index in [0.717, 1.165) is 0 Å². The molecule has 0 spiro atoms. The summed E-state index contributed by atoms with van der Waals surface area (Å²) in [5.41, 5.74) is 0. The second kappa shape index (κ2) is 18.1. The molecule has 3 radical (unpaired) electrons. The molecule has 0 nitrogen and oxygen atoms in total. The van der Waals surface area contributed by atoms with Gasteiger partial charge in [-0.3, -0.25) is 0 Å². The molecular formula is AgCuMnZn. The summed E-state index contributed by atoms with van der Waals surface area (Å²) in [5, 5.41) is 0. The van der Waals surface area contributed by atoms with Gasteiger partial charge in [-0.1, -0.05) is 0 Å². The topological polar surface area (TPSA) is 0 Å². The fraction of sp³-hybridized carbons (Fsp3) is 0. The molecular weight excluding hydrogens is 292 g/mol. The largest absolute Gasteiger partial charge is 0 e. The Morgan fingerprint density at radius 2 is 1.00 bits per heavy atom. The Kier molecular flexibility index (Phi) is 147. The van der Waals surface area contributed by atoms with Crippen LogP contribution in [0, 0.1) is 0 Å². The van der Waals surface area contributed by atoms with Gasteiger partial charge >= 0.3 is 0 Å². The summed E-state index contributed by atoms with van der Waals surface area (Å²) in [7, 11) is 0. The van der Waals surface area contributed by atoms with E-state index >= 15 is 0 Å². The Balaban J connectivity index is 0. The Hall–Kier alpha value is 2.40. The molecule has 31 valence electrons. The Labute approximate surface area is 75.1 Å². The van der Waals surface area contributed by atoms with Crippen molar-refractivity contribution in [3.63, 3.8) is 0 Å². The van der Waals surface area contributed by atoms with E-state index in [1.807, 2.05) is 0 Å². The zero-order valence-corrected chi connectivity index (χ0v) is 8.26. The van der Waals surface area contributed by atoms with Crippen molar-refractivity contribution in [3.8, 4) is 0 Å². The van der Waals surface area contributed by atoms with Gasteiger partial charge in [0.05, 0.1) is 0 Å². The molecule has 4 heteroatoms. The van der Waals surface area contributed by atoms with Crippen molar-refractivity contribution in [1.29, 1.82) is 0 Å². The first-order valence-corrected chi connectivity index (χ1v) is 0. The molecule has 0 fully saturated rings. The monoisotopic (exact) mass is 289 g/mol. The van der Waals surface area contributed by atoms with Crippen LogP contribution in [0.4, 0.5) is 0 Å². The van der Waals surface area contributed by atoms with Crippen LogP contribution in [0.2, 0.25) is 0 Å². The molecule has 0 aliphatic carbocycles. The zero-order chi connectivity index (χ0) is 0. The summed E-state index contributed by atoms with van der Waals surface area (Å²) in [5.74, 6) is 0. The van der Waals surface area contributed by atoms with Crippen LogP contribution in [0.5, 0.6) is 0 Å². The summed E-state index contributed by atoms with van der Waals surface area (Å²) in [6, 6.07) is 0. The third-order valence-corrected chi connectivity index (χ3v) is 0. The zero-order valence-electron chi connectivity index (χ0n) is 1.69. The SMILES string of the molecule is [Ag].[Cu].[Mn].[Zn]. The van der Waals surface area contributed by atoms with Crippen LogP contribution in [0.3, 0.4) is 0 Å². The van der Waals surface area contributed by atoms with Gasteiger partial charge in [0.25, 0.3) is 0 Å². The third-order valence-electron chi connectivity index (χ3n) is 0. The van der Waals surface area contributed by atoms with Gasteiger partial charge in [0.15, 0.2) is 0 Å². The van der Waals surface area contributed by atoms with E-state index in [0.29, 0.717) is 0 Å². The summed E-state index contributed by atoms with van der Waals surface area (Å²) in [4.78, 5) is 0. The van der Waals surface area contributed by atoms with Crippen molar-refractivity contribution in [2.45, 2.75) is 0 Å². The molecule has 4 heavy (non-hydrogen) atoms. The molecule has 0 atom stereocenters. The Morgan fingerprint density at radius 1 is 1.00 bits per heavy atom. The van der Waals surface area contributed by atoms with Gasteiger partial charge in [-0.25, -0.2) is 0 Å². The van der Waals surface area contributed by atoms with Gasteiger partial charge < -0.3 is 0 Å². The standard InChI is InChI=1S/Ag.Cu.Mn.Zn. The normalized spacial score (nSPS) is 0. The Bertz CT molecular complexity index is 8.00. The molecule has 0 aliphatic rings. The van der Waals surface area contributed by atoms with E-state index in [9.17, 15) is 0 Å². The minimum Gasteiger partial charge on any atom is 0 e. The average Bonchev–Trinajstić information content (AvgIpc) is 0. The molecule has 0 rings (SSSR count). The predicted molar refractivity (Wildman–Crippen MR) is 0 cm³/mol. The van der Waals surface area contributed by atoms with Crippen LogP contribution >= 0.6 is 0 Å². The maximum absolute atomic E-state index is 0. The van der Waals surface area contributed by atoms with Crippen molar-refractivity contribution in [1.82, 2.24) is 0 Å². The van der Waals surface area contributed by atoms with Crippen LogP contribution in [-0.4, -0.2) is 0 Å². The van der Waals surface area contributed by atoms with Gasteiger partial charge in [0, 0.05) is 76.0 Å². The van der Waals surface area contributed by atoms with Crippen LogP contribution in [0.15, 0.2) is 0 Å². The molecule has 0 N–H and O–H groups in total. The van der Waals surface area contributed by atoms with E-state index in [1.165, 1.54) is 0 Å². The summed E-state index contributed by atoms with van der Waals surface area (Å²) >= 11 is 0. The quantitative estimate of drug-likeness (QED) is 0.551. The van der Waals surface area contributed by atoms with Crippen LogP contribution < -0.4 is 0 Å². The van der Waals surface area contributed by atoms with Crippen molar-refractivity contribution < 1.29 is 76.0 Å².